The van der Waals surface area contributed by atoms with E-state index in [1.54, 1.807) is 18.4 Å². The molecule has 2 aromatic carbocycles. The number of likely N-dealkylation sites (N-methyl/N-ethyl adjacent to an activating group) is 1. The molecule has 0 unspecified atom stereocenters. The molecule has 0 aliphatic heterocycles. The molecular formula is C21H22ClN3O2S. The van der Waals surface area contributed by atoms with E-state index in [1.165, 1.54) is 0 Å². The number of halogens is 1. The number of rotatable bonds is 8. The number of anilines is 1. The van der Waals surface area contributed by atoms with Gasteiger partial charge in [-0.15, -0.1) is 11.3 Å². The van der Waals surface area contributed by atoms with E-state index in [9.17, 15) is 4.79 Å². The number of methoxy groups -OCH3 is 1. The number of carbonyl (C=O) groups excluding carboxylic acids is 1. The Balaban J connectivity index is 1.57. The zero-order valence-corrected chi connectivity index (χ0v) is 17.4. The van der Waals surface area contributed by atoms with Crippen LogP contribution in [-0.2, 0) is 11.3 Å². The highest BCUT2D eigenvalue weighted by molar-refractivity contribution is 7.13. The van der Waals surface area contributed by atoms with Gasteiger partial charge in [-0.2, -0.15) is 0 Å². The van der Waals surface area contributed by atoms with Gasteiger partial charge in [0, 0.05) is 28.2 Å². The van der Waals surface area contributed by atoms with Crippen LogP contribution < -0.4 is 10.1 Å². The van der Waals surface area contributed by atoms with Crippen molar-refractivity contribution in [2.75, 3.05) is 25.5 Å². The number of amides is 1. The van der Waals surface area contributed by atoms with E-state index >= 15 is 0 Å². The summed E-state index contributed by atoms with van der Waals surface area (Å²) in [7, 11) is 1.61. The van der Waals surface area contributed by atoms with Gasteiger partial charge in [0.15, 0.2) is 0 Å². The highest BCUT2D eigenvalue weighted by Crippen LogP contribution is 2.25. The van der Waals surface area contributed by atoms with Crippen LogP contribution in [0, 0.1) is 0 Å². The molecule has 146 valence electrons. The molecule has 0 saturated heterocycles. The maximum Gasteiger partial charge on any atom is 0.238 e. The van der Waals surface area contributed by atoms with Crippen molar-refractivity contribution >= 4 is 34.5 Å². The van der Waals surface area contributed by atoms with Crippen LogP contribution in [0.1, 0.15) is 12.6 Å². The Morgan fingerprint density at radius 2 is 1.89 bits per heavy atom. The van der Waals surface area contributed by atoms with E-state index in [4.69, 9.17) is 21.3 Å². The molecule has 1 heterocycles. The Morgan fingerprint density at radius 1 is 1.18 bits per heavy atom. The van der Waals surface area contributed by atoms with E-state index in [1.807, 2.05) is 60.8 Å². The molecule has 1 N–H and O–H groups in total. The Hall–Kier alpha value is -2.41. The van der Waals surface area contributed by atoms with Gasteiger partial charge in [-0.1, -0.05) is 30.7 Å². The lowest BCUT2D eigenvalue weighted by molar-refractivity contribution is -0.117. The Bertz CT molecular complexity index is 910. The highest BCUT2D eigenvalue weighted by atomic mass is 35.5. The molecule has 0 bridgehead atoms. The molecule has 0 radical (unpaired) electrons. The lowest BCUT2D eigenvalue weighted by Gasteiger charge is -2.18. The van der Waals surface area contributed by atoms with Crippen LogP contribution in [0.25, 0.3) is 10.6 Å². The number of thiazole rings is 1. The van der Waals surface area contributed by atoms with E-state index in [0.717, 1.165) is 34.2 Å². The van der Waals surface area contributed by atoms with Crippen molar-refractivity contribution in [3.05, 3.63) is 64.6 Å². The summed E-state index contributed by atoms with van der Waals surface area (Å²) < 4.78 is 5.13. The summed E-state index contributed by atoms with van der Waals surface area (Å²) in [5, 5.41) is 6.61. The molecule has 7 heteroatoms. The van der Waals surface area contributed by atoms with E-state index in [2.05, 4.69) is 10.2 Å². The van der Waals surface area contributed by atoms with Crippen molar-refractivity contribution in [1.82, 2.24) is 9.88 Å². The van der Waals surface area contributed by atoms with Gasteiger partial charge < -0.3 is 10.1 Å². The number of carbonyl (C=O) groups is 1. The molecule has 3 aromatic rings. The molecule has 5 nitrogen and oxygen atoms in total. The van der Waals surface area contributed by atoms with Gasteiger partial charge in [0.05, 0.1) is 19.3 Å². The van der Waals surface area contributed by atoms with Crippen LogP contribution in [-0.4, -0.2) is 36.0 Å². The first-order valence-corrected chi connectivity index (χ1v) is 10.2. The average molecular weight is 416 g/mol. The summed E-state index contributed by atoms with van der Waals surface area (Å²) in [6.45, 7) is 3.71. The van der Waals surface area contributed by atoms with Gasteiger partial charge in [-0.3, -0.25) is 9.69 Å². The molecule has 3 rings (SSSR count). The van der Waals surface area contributed by atoms with Gasteiger partial charge in [0.2, 0.25) is 5.91 Å². The summed E-state index contributed by atoms with van der Waals surface area (Å²) in [6.07, 6.45) is 0. The smallest absolute Gasteiger partial charge is 0.238 e. The van der Waals surface area contributed by atoms with Crippen LogP contribution in [0.15, 0.2) is 53.9 Å². The van der Waals surface area contributed by atoms with Gasteiger partial charge in [-0.25, -0.2) is 4.98 Å². The first-order chi connectivity index (χ1) is 13.6. The zero-order chi connectivity index (χ0) is 19.9. The minimum Gasteiger partial charge on any atom is -0.497 e. The van der Waals surface area contributed by atoms with Crippen LogP contribution in [0.5, 0.6) is 5.75 Å². The monoisotopic (exact) mass is 415 g/mol. The average Bonchev–Trinajstić information content (AvgIpc) is 3.17. The van der Waals surface area contributed by atoms with Crippen LogP contribution in [0.3, 0.4) is 0 Å². The first kappa shape index (κ1) is 20.3. The standard InChI is InChI=1S/C21H22ClN3O2S/c1-3-25(13-20(26)23-17-8-10-19(27-2)11-9-17)12-18-14-28-21(24-18)15-4-6-16(22)7-5-15/h4-11,14H,3,12-13H2,1-2H3,(H,23,26). The summed E-state index contributed by atoms with van der Waals surface area (Å²) in [5.74, 6) is 0.702. The van der Waals surface area contributed by atoms with Crippen molar-refractivity contribution in [1.29, 1.82) is 0 Å². The molecule has 0 aliphatic rings. The second kappa shape index (κ2) is 9.68. The topological polar surface area (TPSA) is 54.5 Å². The van der Waals surface area contributed by atoms with Crippen LogP contribution in [0.4, 0.5) is 5.69 Å². The van der Waals surface area contributed by atoms with Crippen LogP contribution >= 0.6 is 22.9 Å². The summed E-state index contributed by atoms with van der Waals surface area (Å²) in [5.41, 5.74) is 2.75. The van der Waals surface area contributed by atoms with Crippen LogP contribution in [0.2, 0.25) is 5.02 Å². The normalized spacial score (nSPS) is 10.9. The molecule has 0 fully saturated rings. The molecule has 1 amide bonds. The SMILES string of the molecule is CCN(CC(=O)Nc1ccc(OC)cc1)Cc1csc(-c2ccc(Cl)cc2)n1. The van der Waals surface area contributed by atoms with Crippen molar-refractivity contribution < 1.29 is 9.53 Å². The molecule has 0 spiro atoms. The Labute approximate surface area is 173 Å². The summed E-state index contributed by atoms with van der Waals surface area (Å²) in [4.78, 5) is 19.1. The zero-order valence-electron chi connectivity index (χ0n) is 15.8. The van der Waals surface area contributed by atoms with E-state index < -0.39 is 0 Å². The number of ether oxygens (including phenoxy) is 1. The lowest BCUT2D eigenvalue weighted by Crippen LogP contribution is -2.32. The number of nitrogens with zero attached hydrogens (tertiary/aromatic N) is 2. The number of benzene rings is 2. The van der Waals surface area contributed by atoms with Gasteiger partial charge >= 0.3 is 0 Å². The maximum absolute atomic E-state index is 12.4. The van der Waals surface area contributed by atoms with Gasteiger partial charge in [0.1, 0.15) is 10.8 Å². The predicted octanol–water partition coefficient (Wildman–Crippen LogP) is 4.93. The highest BCUT2D eigenvalue weighted by Gasteiger charge is 2.13. The number of aromatic nitrogens is 1. The molecule has 0 saturated carbocycles. The first-order valence-electron chi connectivity index (χ1n) is 8.94. The summed E-state index contributed by atoms with van der Waals surface area (Å²) in [6, 6.07) is 14.9. The van der Waals surface area contributed by atoms with Crippen molar-refractivity contribution in [3.8, 4) is 16.3 Å². The number of nitrogens with one attached hydrogen (secondary N) is 1. The number of hydrogen-bond donors (Lipinski definition) is 1. The van der Waals surface area contributed by atoms with Gasteiger partial charge in [-0.05, 0) is 42.9 Å². The Morgan fingerprint density at radius 3 is 2.54 bits per heavy atom. The lowest BCUT2D eigenvalue weighted by atomic mass is 10.2. The fourth-order valence-electron chi connectivity index (χ4n) is 2.69. The second-order valence-corrected chi connectivity index (χ2v) is 7.53. The molecule has 1 aromatic heterocycles. The quantitative estimate of drug-likeness (QED) is 0.566. The fourth-order valence-corrected chi connectivity index (χ4v) is 3.63. The third kappa shape index (κ3) is 5.55. The minimum absolute atomic E-state index is 0.0554. The van der Waals surface area contributed by atoms with Crippen molar-refractivity contribution in [2.45, 2.75) is 13.5 Å². The second-order valence-electron chi connectivity index (χ2n) is 6.23. The largest absolute Gasteiger partial charge is 0.497 e. The molecular weight excluding hydrogens is 394 g/mol. The third-order valence-electron chi connectivity index (χ3n) is 4.22. The Kier molecular flexibility index (Phi) is 7.03. The minimum atomic E-state index is -0.0554. The number of hydrogen-bond acceptors (Lipinski definition) is 5. The van der Waals surface area contributed by atoms with Gasteiger partial charge in [0.25, 0.3) is 0 Å². The predicted molar refractivity (Wildman–Crippen MR) is 115 cm³/mol. The molecule has 28 heavy (non-hydrogen) atoms. The maximum atomic E-state index is 12.4. The van der Waals surface area contributed by atoms with Crippen molar-refractivity contribution in [2.24, 2.45) is 0 Å². The van der Waals surface area contributed by atoms with Crippen molar-refractivity contribution in [3.63, 3.8) is 0 Å². The third-order valence-corrected chi connectivity index (χ3v) is 5.41. The fraction of sp³-hybridized carbons (Fsp3) is 0.238. The van der Waals surface area contributed by atoms with E-state index in [-0.39, 0.29) is 5.91 Å². The van der Waals surface area contributed by atoms with E-state index in [0.29, 0.717) is 18.1 Å². The molecule has 0 atom stereocenters. The molecule has 0 aliphatic carbocycles. The summed E-state index contributed by atoms with van der Waals surface area (Å²) >= 11 is 7.54.